The van der Waals surface area contributed by atoms with Gasteiger partial charge in [0, 0.05) is 6.04 Å². The highest BCUT2D eigenvalue weighted by Gasteiger charge is 2.24. The molecular formula is C18H23NO3. The maximum absolute atomic E-state index is 12.2. The molecule has 0 radical (unpaired) electrons. The van der Waals surface area contributed by atoms with Gasteiger partial charge in [0.05, 0.1) is 5.56 Å². The normalized spacial score (nSPS) is 18.8. The summed E-state index contributed by atoms with van der Waals surface area (Å²) in [7, 11) is 0. The van der Waals surface area contributed by atoms with E-state index in [1.807, 2.05) is 12.1 Å². The van der Waals surface area contributed by atoms with Gasteiger partial charge in [-0.1, -0.05) is 18.9 Å². The molecule has 22 heavy (non-hydrogen) atoms. The topological polar surface area (TPSA) is 55.4 Å². The number of carbonyl (C=O) groups is 2. The third kappa shape index (κ3) is 3.32. The third-order valence-corrected chi connectivity index (χ3v) is 4.69. The van der Waals surface area contributed by atoms with E-state index in [0.29, 0.717) is 5.56 Å². The fourth-order valence-electron chi connectivity index (χ4n) is 3.37. The van der Waals surface area contributed by atoms with Gasteiger partial charge in [-0.25, -0.2) is 4.79 Å². The van der Waals surface area contributed by atoms with Crippen LogP contribution in [0.2, 0.25) is 0 Å². The van der Waals surface area contributed by atoms with Crippen molar-refractivity contribution in [1.29, 1.82) is 0 Å². The Morgan fingerprint density at radius 3 is 2.64 bits per heavy atom. The zero-order valence-electron chi connectivity index (χ0n) is 13.1. The highest BCUT2D eigenvalue weighted by atomic mass is 16.5. The van der Waals surface area contributed by atoms with Crippen molar-refractivity contribution in [3.63, 3.8) is 0 Å². The Hall–Kier alpha value is -1.84. The summed E-state index contributed by atoms with van der Waals surface area (Å²) in [5.74, 6) is -0.606. The van der Waals surface area contributed by atoms with Gasteiger partial charge in [0.2, 0.25) is 0 Å². The quantitative estimate of drug-likeness (QED) is 0.870. The number of benzene rings is 1. The van der Waals surface area contributed by atoms with Gasteiger partial charge in [0.15, 0.2) is 6.10 Å². The Labute approximate surface area is 131 Å². The molecule has 1 aromatic carbocycles. The van der Waals surface area contributed by atoms with Crippen molar-refractivity contribution in [3.8, 4) is 0 Å². The van der Waals surface area contributed by atoms with E-state index >= 15 is 0 Å². The molecule has 0 bridgehead atoms. The van der Waals surface area contributed by atoms with Gasteiger partial charge in [0.1, 0.15) is 0 Å². The van der Waals surface area contributed by atoms with Gasteiger partial charge < -0.3 is 10.1 Å². The number of hydrogen-bond acceptors (Lipinski definition) is 3. The van der Waals surface area contributed by atoms with Gasteiger partial charge in [-0.15, -0.1) is 0 Å². The van der Waals surface area contributed by atoms with Gasteiger partial charge in [0.25, 0.3) is 5.91 Å². The standard InChI is InChI=1S/C18H23NO3/c1-12(17(20)19-16-7-2-3-8-16)22-18(21)15-10-9-13-5-4-6-14(13)11-15/h9-12,16H,2-8H2,1H3,(H,19,20). The summed E-state index contributed by atoms with van der Waals surface area (Å²) < 4.78 is 5.32. The van der Waals surface area contributed by atoms with E-state index in [9.17, 15) is 9.59 Å². The van der Waals surface area contributed by atoms with Crippen LogP contribution in [0.5, 0.6) is 0 Å². The second-order valence-corrected chi connectivity index (χ2v) is 6.37. The first kappa shape index (κ1) is 15.1. The largest absolute Gasteiger partial charge is 0.449 e. The first-order chi connectivity index (χ1) is 10.6. The first-order valence-corrected chi connectivity index (χ1v) is 8.26. The van der Waals surface area contributed by atoms with Crippen LogP contribution in [0.3, 0.4) is 0 Å². The summed E-state index contributed by atoms with van der Waals surface area (Å²) in [5.41, 5.74) is 3.10. The molecule has 2 aliphatic rings. The predicted octanol–water partition coefficient (Wildman–Crippen LogP) is 2.78. The SMILES string of the molecule is CC(OC(=O)c1ccc2c(c1)CCC2)C(=O)NC1CCCC1. The monoisotopic (exact) mass is 301 g/mol. The molecule has 0 saturated heterocycles. The van der Waals surface area contributed by atoms with Crippen molar-refractivity contribution < 1.29 is 14.3 Å². The average molecular weight is 301 g/mol. The minimum absolute atomic E-state index is 0.193. The summed E-state index contributed by atoms with van der Waals surface area (Å²) in [4.78, 5) is 24.3. The molecule has 0 aromatic heterocycles. The van der Waals surface area contributed by atoms with E-state index in [2.05, 4.69) is 5.32 Å². The van der Waals surface area contributed by atoms with E-state index in [1.165, 1.54) is 11.1 Å². The molecule has 3 rings (SSSR count). The zero-order valence-corrected chi connectivity index (χ0v) is 13.1. The summed E-state index contributed by atoms with van der Waals surface area (Å²) >= 11 is 0. The van der Waals surface area contributed by atoms with E-state index < -0.39 is 12.1 Å². The Morgan fingerprint density at radius 1 is 1.14 bits per heavy atom. The summed E-state index contributed by atoms with van der Waals surface area (Å²) in [5, 5.41) is 2.96. The lowest BCUT2D eigenvalue weighted by Gasteiger charge is -2.17. The van der Waals surface area contributed by atoms with E-state index in [1.54, 1.807) is 13.0 Å². The summed E-state index contributed by atoms with van der Waals surface area (Å²) in [6.45, 7) is 1.63. The van der Waals surface area contributed by atoms with Crippen LogP contribution in [-0.4, -0.2) is 24.0 Å². The Morgan fingerprint density at radius 2 is 1.86 bits per heavy atom. The molecule has 118 valence electrons. The lowest BCUT2D eigenvalue weighted by Crippen LogP contribution is -2.40. The van der Waals surface area contributed by atoms with Crippen molar-refractivity contribution >= 4 is 11.9 Å². The van der Waals surface area contributed by atoms with Gasteiger partial charge in [-0.05, 0) is 62.3 Å². The Kier molecular flexibility index (Phi) is 4.46. The summed E-state index contributed by atoms with van der Waals surface area (Å²) in [6.07, 6.45) is 6.88. The van der Waals surface area contributed by atoms with Gasteiger partial charge >= 0.3 is 5.97 Å². The second-order valence-electron chi connectivity index (χ2n) is 6.37. The second kappa shape index (κ2) is 6.51. The number of rotatable bonds is 4. The first-order valence-electron chi connectivity index (χ1n) is 8.26. The molecule has 0 aliphatic heterocycles. The lowest BCUT2D eigenvalue weighted by atomic mass is 10.1. The molecule has 1 N–H and O–H groups in total. The van der Waals surface area contributed by atoms with Crippen molar-refractivity contribution in [2.75, 3.05) is 0 Å². The maximum Gasteiger partial charge on any atom is 0.338 e. The van der Waals surface area contributed by atoms with E-state index in [4.69, 9.17) is 4.74 Å². The van der Waals surface area contributed by atoms with Crippen LogP contribution >= 0.6 is 0 Å². The average Bonchev–Trinajstić information content (AvgIpc) is 3.16. The zero-order chi connectivity index (χ0) is 15.5. The maximum atomic E-state index is 12.2. The van der Waals surface area contributed by atoms with Crippen LogP contribution < -0.4 is 5.32 Å². The molecule has 1 unspecified atom stereocenters. The van der Waals surface area contributed by atoms with E-state index in [0.717, 1.165) is 44.9 Å². The lowest BCUT2D eigenvalue weighted by molar-refractivity contribution is -0.129. The van der Waals surface area contributed by atoms with Crippen molar-refractivity contribution in [3.05, 3.63) is 34.9 Å². The van der Waals surface area contributed by atoms with Crippen LogP contribution in [0.4, 0.5) is 0 Å². The fraction of sp³-hybridized carbons (Fsp3) is 0.556. The van der Waals surface area contributed by atoms with Crippen molar-refractivity contribution in [2.24, 2.45) is 0 Å². The molecule has 1 saturated carbocycles. The number of carbonyl (C=O) groups excluding carboxylic acids is 2. The van der Waals surface area contributed by atoms with Crippen LogP contribution in [-0.2, 0) is 22.4 Å². The predicted molar refractivity (Wildman–Crippen MR) is 83.7 cm³/mol. The molecule has 2 aliphatic carbocycles. The number of aryl methyl sites for hydroxylation is 2. The Bertz CT molecular complexity index is 576. The molecule has 1 amide bonds. The van der Waals surface area contributed by atoms with Crippen LogP contribution in [0, 0.1) is 0 Å². The number of amides is 1. The Balaban J connectivity index is 1.57. The van der Waals surface area contributed by atoms with Crippen LogP contribution in [0.15, 0.2) is 18.2 Å². The number of ether oxygens (including phenoxy) is 1. The molecule has 4 nitrogen and oxygen atoms in total. The highest BCUT2D eigenvalue weighted by Crippen LogP contribution is 2.23. The summed E-state index contributed by atoms with van der Waals surface area (Å²) in [6, 6.07) is 5.95. The number of esters is 1. The van der Waals surface area contributed by atoms with Crippen LogP contribution in [0.1, 0.15) is 60.5 Å². The molecule has 4 heteroatoms. The fourth-order valence-corrected chi connectivity index (χ4v) is 3.37. The number of hydrogen-bond donors (Lipinski definition) is 1. The van der Waals surface area contributed by atoms with E-state index in [-0.39, 0.29) is 11.9 Å². The molecule has 1 fully saturated rings. The van der Waals surface area contributed by atoms with Crippen molar-refractivity contribution in [2.45, 2.75) is 64.0 Å². The highest BCUT2D eigenvalue weighted by molar-refractivity contribution is 5.92. The molecule has 1 atom stereocenters. The number of fused-ring (bicyclic) bond motifs is 1. The number of nitrogens with one attached hydrogen (secondary N) is 1. The minimum Gasteiger partial charge on any atom is -0.449 e. The molecule has 0 spiro atoms. The third-order valence-electron chi connectivity index (χ3n) is 4.69. The van der Waals surface area contributed by atoms with Crippen molar-refractivity contribution in [1.82, 2.24) is 5.32 Å². The molecule has 0 heterocycles. The smallest absolute Gasteiger partial charge is 0.338 e. The minimum atomic E-state index is -0.749. The molecular weight excluding hydrogens is 278 g/mol. The van der Waals surface area contributed by atoms with Gasteiger partial charge in [-0.3, -0.25) is 4.79 Å². The van der Waals surface area contributed by atoms with Gasteiger partial charge in [-0.2, -0.15) is 0 Å². The molecule has 1 aromatic rings. The van der Waals surface area contributed by atoms with Crippen LogP contribution in [0.25, 0.3) is 0 Å².